The molecule has 0 bridgehead atoms. The second kappa shape index (κ2) is 8.69. The summed E-state index contributed by atoms with van der Waals surface area (Å²) in [7, 11) is 0. The van der Waals surface area contributed by atoms with E-state index in [1.807, 2.05) is 18.2 Å². The van der Waals surface area contributed by atoms with E-state index in [0.29, 0.717) is 19.0 Å². The topological polar surface area (TPSA) is 66.9 Å². The average Bonchev–Trinajstić information content (AvgIpc) is 3.06. The summed E-state index contributed by atoms with van der Waals surface area (Å²) < 4.78 is 0. The summed E-state index contributed by atoms with van der Waals surface area (Å²) in [6, 6.07) is 10.7. The second-order valence-electron chi connectivity index (χ2n) is 7.38. The Bertz CT molecular complexity index is 948. The van der Waals surface area contributed by atoms with Gasteiger partial charge in [-0.3, -0.25) is 4.79 Å². The quantitative estimate of drug-likeness (QED) is 0.623. The number of aryl methyl sites for hydroxylation is 1. The van der Waals surface area contributed by atoms with E-state index in [4.69, 9.17) is 0 Å². The molecule has 1 amide bonds. The highest BCUT2D eigenvalue weighted by Crippen LogP contribution is 2.40. The largest absolute Gasteiger partial charge is 0.369 e. The molecule has 5 nitrogen and oxygen atoms in total. The van der Waals surface area contributed by atoms with E-state index in [2.05, 4.69) is 39.7 Å². The highest BCUT2D eigenvalue weighted by molar-refractivity contribution is 7.19. The van der Waals surface area contributed by atoms with Gasteiger partial charge in [-0.25, -0.2) is 9.97 Å². The molecule has 0 atom stereocenters. The molecule has 4 rings (SSSR count). The standard InChI is InChI=1S/C22H26N4OS/c1-15-19(16-8-4-2-5-9-16)20-21(24-14-25-22(20)28-15)23-13-12-18(27)26-17-10-6-3-7-11-17/h2,4-5,8-9,14,17H,3,6-7,10-13H2,1H3,(H,26,27)(H,23,24,25). The van der Waals surface area contributed by atoms with Crippen molar-refractivity contribution in [2.24, 2.45) is 0 Å². The van der Waals surface area contributed by atoms with Crippen LogP contribution in [0.15, 0.2) is 36.7 Å². The first-order valence-electron chi connectivity index (χ1n) is 10.0. The molecule has 2 heterocycles. The molecule has 28 heavy (non-hydrogen) atoms. The van der Waals surface area contributed by atoms with Crippen molar-refractivity contribution in [1.29, 1.82) is 0 Å². The first-order chi connectivity index (χ1) is 13.7. The molecule has 3 aromatic rings. The molecule has 1 aromatic carbocycles. The molecule has 0 spiro atoms. The van der Waals surface area contributed by atoms with E-state index in [0.717, 1.165) is 28.9 Å². The third kappa shape index (κ3) is 4.17. The van der Waals surface area contributed by atoms with E-state index >= 15 is 0 Å². The van der Waals surface area contributed by atoms with Gasteiger partial charge in [0.15, 0.2) is 0 Å². The molecule has 0 unspecified atom stereocenters. The smallest absolute Gasteiger partial charge is 0.221 e. The number of rotatable bonds is 6. The van der Waals surface area contributed by atoms with Crippen LogP contribution < -0.4 is 10.6 Å². The number of nitrogens with one attached hydrogen (secondary N) is 2. The third-order valence-corrected chi connectivity index (χ3v) is 6.35. The maximum absolute atomic E-state index is 12.3. The predicted octanol–water partition coefficient (Wildman–Crippen LogP) is 4.92. The van der Waals surface area contributed by atoms with Gasteiger partial charge in [0.25, 0.3) is 0 Å². The first-order valence-corrected chi connectivity index (χ1v) is 10.9. The molecule has 146 valence electrons. The molecular weight excluding hydrogens is 368 g/mol. The van der Waals surface area contributed by atoms with Gasteiger partial charge in [-0.1, -0.05) is 49.6 Å². The number of hydrogen-bond donors (Lipinski definition) is 2. The SMILES string of the molecule is Cc1sc2ncnc(NCCC(=O)NC3CCCCC3)c2c1-c1ccccc1. The summed E-state index contributed by atoms with van der Waals surface area (Å²) >= 11 is 1.68. The van der Waals surface area contributed by atoms with E-state index in [9.17, 15) is 4.79 Å². The van der Waals surface area contributed by atoms with Crippen molar-refractivity contribution in [2.45, 2.75) is 51.5 Å². The van der Waals surface area contributed by atoms with Crippen molar-refractivity contribution in [3.63, 3.8) is 0 Å². The number of amides is 1. The fourth-order valence-corrected chi connectivity index (χ4v) is 4.98. The summed E-state index contributed by atoms with van der Waals surface area (Å²) in [5, 5.41) is 7.59. The van der Waals surface area contributed by atoms with Gasteiger partial charge in [-0.15, -0.1) is 11.3 Å². The normalized spacial score (nSPS) is 14.9. The predicted molar refractivity (Wildman–Crippen MR) is 116 cm³/mol. The van der Waals surface area contributed by atoms with Crippen LogP contribution in [0.2, 0.25) is 0 Å². The van der Waals surface area contributed by atoms with E-state index in [1.165, 1.54) is 35.3 Å². The lowest BCUT2D eigenvalue weighted by Gasteiger charge is -2.22. The minimum Gasteiger partial charge on any atom is -0.369 e. The van der Waals surface area contributed by atoms with Gasteiger partial charge in [0.1, 0.15) is 17.0 Å². The van der Waals surface area contributed by atoms with Crippen LogP contribution in [0.25, 0.3) is 21.3 Å². The molecule has 0 saturated heterocycles. The van der Waals surface area contributed by atoms with Crippen molar-refractivity contribution in [3.05, 3.63) is 41.5 Å². The minimum atomic E-state index is 0.120. The van der Waals surface area contributed by atoms with Crippen molar-refractivity contribution < 1.29 is 4.79 Å². The van der Waals surface area contributed by atoms with Crippen LogP contribution in [0.1, 0.15) is 43.4 Å². The Morgan fingerprint density at radius 1 is 1.14 bits per heavy atom. The zero-order chi connectivity index (χ0) is 19.3. The van der Waals surface area contributed by atoms with Crippen molar-refractivity contribution in [3.8, 4) is 11.1 Å². The summed E-state index contributed by atoms with van der Waals surface area (Å²) in [6.07, 6.45) is 8.01. The lowest BCUT2D eigenvalue weighted by Crippen LogP contribution is -2.36. The van der Waals surface area contributed by atoms with E-state index < -0.39 is 0 Å². The Morgan fingerprint density at radius 3 is 2.71 bits per heavy atom. The van der Waals surface area contributed by atoms with Crippen LogP contribution in [0.5, 0.6) is 0 Å². The van der Waals surface area contributed by atoms with E-state index in [-0.39, 0.29) is 5.91 Å². The van der Waals surface area contributed by atoms with Crippen LogP contribution in [0, 0.1) is 6.92 Å². The van der Waals surface area contributed by atoms with Crippen LogP contribution in [-0.4, -0.2) is 28.5 Å². The second-order valence-corrected chi connectivity index (χ2v) is 8.58. The lowest BCUT2D eigenvalue weighted by atomic mass is 9.95. The van der Waals surface area contributed by atoms with Gasteiger partial charge < -0.3 is 10.6 Å². The Kier molecular flexibility index (Phi) is 5.86. The summed E-state index contributed by atoms with van der Waals surface area (Å²) in [6.45, 7) is 2.68. The zero-order valence-corrected chi connectivity index (χ0v) is 17.0. The Labute approximate surface area is 169 Å². The molecule has 6 heteroatoms. The Hall–Kier alpha value is -2.47. The number of hydrogen-bond acceptors (Lipinski definition) is 5. The molecule has 1 aliphatic carbocycles. The van der Waals surface area contributed by atoms with Gasteiger partial charge in [0.2, 0.25) is 5.91 Å². The Balaban J connectivity index is 1.47. The van der Waals surface area contributed by atoms with Crippen LogP contribution in [-0.2, 0) is 4.79 Å². The number of aromatic nitrogens is 2. The fraction of sp³-hybridized carbons (Fsp3) is 0.409. The fourth-order valence-electron chi connectivity index (χ4n) is 3.97. The zero-order valence-electron chi connectivity index (χ0n) is 16.2. The number of benzene rings is 1. The molecule has 1 fully saturated rings. The van der Waals surface area contributed by atoms with Crippen molar-refractivity contribution >= 4 is 33.3 Å². The van der Waals surface area contributed by atoms with E-state index in [1.54, 1.807) is 17.7 Å². The molecule has 1 saturated carbocycles. The van der Waals surface area contributed by atoms with Gasteiger partial charge >= 0.3 is 0 Å². The van der Waals surface area contributed by atoms with Crippen molar-refractivity contribution in [2.75, 3.05) is 11.9 Å². The van der Waals surface area contributed by atoms with Crippen molar-refractivity contribution in [1.82, 2.24) is 15.3 Å². The molecule has 2 N–H and O–H groups in total. The molecule has 1 aliphatic rings. The molecule has 0 aliphatic heterocycles. The number of thiophene rings is 1. The number of fused-ring (bicyclic) bond motifs is 1. The van der Waals surface area contributed by atoms with Crippen LogP contribution in [0.4, 0.5) is 5.82 Å². The minimum absolute atomic E-state index is 0.120. The van der Waals surface area contributed by atoms with Gasteiger partial charge in [0.05, 0.1) is 5.39 Å². The lowest BCUT2D eigenvalue weighted by molar-refractivity contribution is -0.121. The highest BCUT2D eigenvalue weighted by Gasteiger charge is 2.18. The Morgan fingerprint density at radius 2 is 1.93 bits per heavy atom. The van der Waals surface area contributed by atoms with Gasteiger partial charge in [-0.05, 0) is 25.3 Å². The number of anilines is 1. The number of carbonyl (C=O) groups is 1. The molecule has 0 radical (unpaired) electrons. The maximum Gasteiger partial charge on any atom is 0.221 e. The number of carbonyl (C=O) groups excluding carboxylic acids is 1. The summed E-state index contributed by atoms with van der Waals surface area (Å²) in [4.78, 5) is 23.4. The molecule has 2 aromatic heterocycles. The van der Waals surface area contributed by atoms with Gasteiger partial charge in [-0.2, -0.15) is 0 Å². The monoisotopic (exact) mass is 394 g/mol. The number of nitrogens with zero attached hydrogens (tertiary/aromatic N) is 2. The third-order valence-electron chi connectivity index (χ3n) is 5.34. The first kappa shape index (κ1) is 18.9. The van der Waals surface area contributed by atoms with Gasteiger partial charge in [0, 0.05) is 29.4 Å². The highest BCUT2D eigenvalue weighted by atomic mass is 32.1. The van der Waals surface area contributed by atoms with Crippen LogP contribution >= 0.6 is 11.3 Å². The maximum atomic E-state index is 12.3. The van der Waals surface area contributed by atoms with Crippen LogP contribution in [0.3, 0.4) is 0 Å². The average molecular weight is 395 g/mol. The summed E-state index contributed by atoms with van der Waals surface area (Å²) in [5.74, 6) is 0.924. The molecular formula is C22H26N4OS. The summed E-state index contributed by atoms with van der Waals surface area (Å²) in [5.41, 5.74) is 2.34.